The van der Waals surface area contributed by atoms with Crippen LogP contribution in [-0.2, 0) is 6.61 Å². The average molecular weight is 474 g/mol. The summed E-state index contributed by atoms with van der Waals surface area (Å²) in [7, 11) is 0. The van der Waals surface area contributed by atoms with Gasteiger partial charge in [-0.1, -0.05) is 36.4 Å². The van der Waals surface area contributed by atoms with Gasteiger partial charge in [0, 0.05) is 17.7 Å². The smallest absolute Gasteiger partial charge is 0.191 e. The van der Waals surface area contributed by atoms with Gasteiger partial charge < -0.3 is 14.8 Å². The summed E-state index contributed by atoms with van der Waals surface area (Å²) in [5.41, 5.74) is 10.1. The Balaban J connectivity index is 1.53. The Labute approximate surface area is 207 Å². The first-order valence-electron chi connectivity index (χ1n) is 11.4. The number of ether oxygens (including phenoxy) is 2. The lowest BCUT2D eigenvalue weighted by molar-refractivity contribution is 0.111. The summed E-state index contributed by atoms with van der Waals surface area (Å²) >= 11 is 5.51. The van der Waals surface area contributed by atoms with Crippen LogP contribution in [0.4, 0.5) is 5.69 Å². The fourth-order valence-corrected chi connectivity index (χ4v) is 4.07. The predicted molar refractivity (Wildman–Crippen MR) is 143 cm³/mol. The van der Waals surface area contributed by atoms with Crippen molar-refractivity contribution < 1.29 is 9.47 Å². The summed E-state index contributed by atoms with van der Waals surface area (Å²) in [6, 6.07) is 20.3. The van der Waals surface area contributed by atoms with Crippen molar-refractivity contribution in [2.45, 2.75) is 53.2 Å². The standard InChI is InChI=1S/C28H31N3O2S/c1-18-10-11-20(3)24(14-18)29-27(34)31-30-25-16-28(4,5)33-26-13-12-22(15-23(25)26)32-17-21-9-7-6-8-19(21)2/h6-15H,16-17H2,1-5H3,(H2,29,31,34). The first-order valence-corrected chi connectivity index (χ1v) is 11.8. The molecule has 0 spiro atoms. The molecule has 0 aliphatic carbocycles. The lowest BCUT2D eigenvalue weighted by Crippen LogP contribution is -2.37. The number of aryl methyl sites for hydroxylation is 3. The summed E-state index contributed by atoms with van der Waals surface area (Å²) in [6.45, 7) is 10.8. The number of nitrogens with zero attached hydrogens (tertiary/aromatic N) is 1. The van der Waals surface area contributed by atoms with E-state index < -0.39 is 0 Å². The quantitative estimate of drug-likeness (QED) is 0.330. The normalized spacial score (nSPS) is 15.3. The van der Waals surface area contributed by atoms with Gasteiger partial charge in [0.1, 0.15) is 23.7 Å². The van der Waals surface area contributed by atoms with E-state index >= 15 is 0 Å². The van der Waals surface area contributed by atoms with E-state index in [1.54, 1.807) is 0 Å². The van der Waals surface area contributed by atoms with Crippen LogP contribution in [0, 0.1) is 20.8 Å². The predicted octanol–water partition coefficient (Wildman–Crippen LogP) is 6.44. The van der Waals surface area contributed by atoms with E-state index in [4.69, 9.17) is 21.7 Å². The van der Waals surface area contributed by atoms with Gasteiger partial charge in [0.25, 0.3) is 0 Å². The van der Waals surface area contributed by atoms with Crippen LogP contribution < -0.4 is 20.2 Å². The summed E-state index contributed by atoms with van der Waals surface area (Å²) in [6.07, 6.45) is 0.639. The zero-order valence-corrected chi connectivity index (χ0v) is 21.2. The molecule has 176 valence electrons. The molecule has 5 nitrogen and oxygen atoms in total. The van der Waals surface area contributed by atoms with Crippen molar-refractivity contribution in [2.24, 2.45) is 5.10 Å². The van der Waals surface area contributed by atoms with Crippen molar-refractivity contribution in [3.8, 4) is 11.5 Å². The van der Waals surface area contributed by atoms with Crippen molar-refractivity contribution >= 4 is 28.7 Å². The minimum Gasteiger partial charge on any atom is -0.489 e. The number of hydrogen-bond donors (Lipinski definition) is 2. The molecule has 4 rings (SSSR count). The summed E-state index contributed by atoms with van der Waals surface area (Å²) in [5.74, 6) is 1.56. The molecule has 0 saturated carbocycles. The zero-order chi connectivity index (χ0) is 24.3. The minimum atomic E-state index is -0.376. The average Bonchev–Trinajstić information content (AvgIpc) is 2.79. The topological polar surface area (TPSA) is 54.9 Å². The van der Waals surface area contributed by atoms with Crippen LogP contribution in [0.25, 0.3) is 0 Å². The molecule has 0 unspecified atom stereocenters. The Morgan fingerprint density at radius 1 is 1.03 bits per heavy atom. The summed E-state index contributed by atoms with van der Waals surface area (Å²) in [4.78, 5) is 0. The van der Waals surface area contributed by atoms with Gasteiger partial charge in [0.2, 0.25) is 0 Å². The molecule has 3 aromatic carbocycles. The number of benzene rings is 3. The second-order valence-electron chi connectivity index (χ2n) is 9.35. The number of nitrogens with one attached hydrogen (secondary N) is 2. The van der Waals surface area contributed by atoms with Crippen LogP contribution in [0.15, 0.2) is 65.8 Å². The molecule has 0 atom stereocenters. The first-order chi connectivity index (χ1) is 16.2. The molecule has 1 aliphatic heterocycles. The SMILES string of the molecule is Cc1ccc(C)c(NC(=S)NN=C2CC(C)(C)Oc3ccc(OCc4ccccc4C)cc32)c1. The molecule has 6 heteroatoms. The van der Waals surface area contributed by atoms with E-state index in [0.29, 0.717) is 18.1 Å². The third kappa shape index (κ3) is 5.75. The van der Waals surface area contributed by atoms with Crippen LogP contribution in [0.5, 0.6) is 11.5 Å². The third-order valence-electron chi connectivity index (χ3n) is 5.83. The Bertz CT molecular complexity index is 1250. The Hall–Kier alpha value is -3.38. The van der Waals surface area contributed by atoms with Crippen LogP contribution in [0.3, 0.4) is 0 Å². The van der Waals surface area contributed by atoms with Gasteiger partial charge in [-0.05, 0) is 93.4 Å². The number of anilines is 1. The van der Waals surface area contributed by atoms with Crippen molar-refractivity contribution in [3.63, 3.8) is 0 Å². The zero-order valence-electron chi connectivity index (χ0n) is 20.4. The molecule has 0 fully saturated rings. The molecule has 2 N–H and O–H groups in total. The number of rotatable bonds is 5. The number of hydrogen-bond acceptors (Lipinski definition) is 4. The maximum absolute atomic E-state index is 6.21. The molecule has 1 aliphatic rings. The van der Waals surface area contributed by atoms with E-state index in [9.17, 15) is 0 Å². The fourth-order valence-electron chi connectivity index (χ4n) is 3.92. The van der Waals surface area contributed by atoms with Gasteiger partial charge in [0.05, 0.1) is 5.71 Å². The highest BCUT2D eigenvalue weighted by Gasteiger charge is 2.31. The number of fused-ring (bicyclic) bond motifs is 1. The van der Waals surface area contributed by atoms with Crippen LogP contribution in [0.1, 0.15) is 48.1 Å². The molecule has 1 heterocycles. The van der Waals surface area contributed by atoms with Gasteiger partial charge >= 0.3 is 0 Å². The highest BCUT2D eigenvalue weighted by Crippen LogP contribution is 2.35. The minimum absolute atomic E-state index is 0.376. The highest BCUT2D eigenvalue weighted by molar-refractivity contribution is 7.80. The largest absolute Gasteiger partial charge is 0.489 e. The van der Waals surface area contributed by atoms with Gasteiger partial charge in [-0.2, -0.15) is 5.10 Å². The molecular formula is C28H31N3O2S. The Kier molecular flexibility index (Phi) is 6.89. The molecular weight excluding hydrogens is 442 g/mol. The molecule has 3 aromatic rings. The van der Waals surface area contributed by atoms with Gasteiger partial charge in [0.15, 0.2) is 5.11 Å². The van der Waals surface area contributed by atoms with Gasteiger partial charge in [-0.3, -0.25) is 5.43 Å². The second kappa shape index (κ2) is 9.85. The highest BCUT2D eigenvalue weighted by atomic mass is 32.1. The second-order valence-corrected chi connectivity index (χ2v) is 9.76. The van der Waals surface area contributed by atoms with E-state index in [-0.39, 0.29) is 5.60 Å². The molecule has 0 amide bonds. The Morgan fingerprint density at radius 3 is 2.62 bits per heavy atom. The van der Waals surface area contributed by atoms with Gasteiger partial charge in [-0.15, -0.1) is 0 Å². The summed E-state index contributed by atoms with van der Waals surface area (Å²) < 4.78 is 12.3. The maximum atomic E-state index is 6.21. The van der Waals surface area contributed by atoms with E-state index in [2.05, 4.69) is 73.9 Å². The summed E-state index contributed by atoms with van der Waals surface area (Å²) in [5, 5.41) is 8.36. The molecule has 0 aromatic heterocycles. The van der Waals surface area contributed by atoms with Crippen molar-refractivity contribution in [1.82, 2.24) is 5.43 Å². The first kappa shape index (κ1) is 23.8. The molecule has 0 bridgehead atoms. The van der Waals surface area contributed by atoms with Crippen LogP contribution in [-0.4, -0.2) is 16.4 Å². The van der Waals surface area contributed by atoms with Crippen molar-refractivity contribution in [3.05, 3.63) is 88.5 Å². The van der Waals surface area contributed by atoms with Crippen LogP contribution in [0.2, 0.25) is 0 Å². The lowest BCUT2D eigenvalue weighted by Gasteiger charge is -2.33. The monoisotopic (exact) mass is 473 g/mol. The van der Waals surface area contributed by atoms with Gasteiger partial charge in [-0.25, -0.2) is 0 Å². The molecule has 34 heavy (non-hydrogen) atoms. The Morgan fingerprint density at radius 2 is 1.82 bits per heavy atom. The maximum Gasteiger partial charge on any atom is 0.191 e. The van der Waals surface area contributed by atoms with Crippen LogP contribution >= 0.6 is 12.2 Å². The molecule has 0 saturated heterocycles. The lowest BCUT2D eigenvalue weighted by atomic mass is 9.92. The van der Waals surface area contributed by atoms with Crippen molar-refractivity contribution in [1.29, 1.82) is 0 Å². The van der Waals surface area contributed by atoms with E-state index in [1.165, 1.54) is 11.1 Å². The molecule has 0 radical (unpaired) electrons. The number of hydrazone groups is 1. The third-order valence-corrected chi connectivity index (χ3v) is 6.02. The number of thiocarbonyl (C=S) groups is 1. The van der Waals surface area contributed by atoms with Crippen molar-refractivity contribution in [2.75, 3.05) is 5.32 Å². The fraction of sp³-hybridized carbons (Fsp3) is 0.286. The van der Waals surface area contributed by atoms with E-state index in [1.807, 2.05) is 37.3 Å². The van der Waals surface area contributed by atoms with E-state index in [0.717, 1.165) is 39.6 Å².